The molecule has 0 radical (unpaired) electrons. The van der Waals surface area contributed by atoms with E-state index in [1.165, 1.54) is 0 Å². The van der Waals surface area contributed by atoms with Crippen LogP contribution in [0.2, 0.25) is 0 Å². The van der Waals surface area contributed by atoms with Crippen LogP contribution in [-0.2, 0) is 0 Å². The molecule has 3 rings (SSSR count). The lowest BCUT2D eigenvalue weighted by Crippen LogP contribution is -2.03. The van der Waals surface area contributed by atoms with Gasteiger partial charge in [0, 0.05) is 18.3 Å². The summed E-state index contributed by atoms with van der Waals surface area (Å²) in [5, 5.41) is 10.3. The Morgan fingerprint density at radius 2 is 2.05 bits per heavy atom. The predicted octanol–water partition coefficient (Wildman–Crippen LogP) is 3.39. The van der Waals surface area contributed by atoms with E-state index < -0.39 is 0 Å². The third kappa shape index (κ3) is 2.20. The number of aromatic hydroxyl groups is 1. The molecule has 3 aromatic rings. The van der Waals surface area contributed by atoms with Crippen LogP contribution < -0.4 is 4.74 Å². The lowest BCUT2D eigenvalue weighted by molar-refractivity contribution is 0.408. The van der Waals surface area contributed by atoms with Crippen LogP contribution in [0.25, 0.3) is 22.4 Å². The van der Waals surface area contributed by atoms with Gasteiger partial charge in [0.2, 0.25) is 0 Å². The van der Waals surface area contributed by atoms with Gasteiger partial charge < -0.3 is 14.4 Å². The molecule has 0 fully saturated rings. The molecule has 0 aliphatic heterocycles. The molecular formula is C16H17N3O2. The molecule has 1 N–H and O–H groups in total. The van der Waals surface area contributed by atoms with Crippen molar-refractivity contribution in [1.29, 1.82) is 0 Å². The molecule has 0 unspecified atom stereocenters. The SMILES string of the molecule is COc1ccc(-c2nc3cnccc3n2C(C)C)c(O)c1. The van der Waals surface area contributed by atoms with Crippen molar-refractivity contribution < 1.29 is 9.84 Å². The number of phenolic OH excluding ortho intramolecular Hbond substituents is 1. The largest absolute Gasteiger partial charge is 0.507 e. The second-order valence-corrected chi connectivity index (χ2v) is 5.15. The highest BCUT2D eigenvalue weighted by Crippen LogP contribution is 2.35. The summed E-state index contributed by atoms with van der Waals surface area (Å²) in [6.45, 7) is 4.18. The van der Waals surface area contributed by atoms with Crippen LogP contribution in [0.5, 0.6) is 11.5 Å². The zero-order chi connectivity index (χ0) is 15.0. The average Bonchev–Trinajstić information content (AvgIpc) is 2.86. The maximum absolute atomic E-state index is 10.3. The summed E-state index contributed by atoms with van der Waals surface area (Å²) in [4.78, 5) is 8.73. The first-order chi connectivity index (χ1) is 10.1. The second kappa shape index (κ2) is 5.09. The topological polar surface area (TPSA) is 60.2 Å². The van der Waals surface area contributed by atoms with Crippen molar-refractivity contribution in [2.75, 3.05) is 7.11 Å². The highest BCUT2D eigenvalue weighted by Gasteiger charge is 2.17. The average molecular weight is 283 g/mol. The van der Waals surface area contributed by atoms with E-state index in [1.807, 2.05) is 18.2 Å². The van der Waals surface area contributed by atoms with E-state index in [0.29, 0.717) is 11.3 Å². The van der Waals surface area contributed by atoms with Gasteiger partial charge in [0.05, 0.1) is 24.4 Å². The lowest BCUT2D eigenvalue weighted by Gasteiger charge is -2.14. The first kappa shape index (κ1) is 13.4. The third-order valence-corrected chi connectivity index (χ3v) is 3.45. The number of pyridine rings is 1. The van der Waals surface area contributed by atoms with Crippen LogP contribution in [0.3, 0.4) is 0 Å². The number of nitrogens with zero attached hydrogens (tertiary/aromatic N) is 3. The molecule has 108 valence electrons. The molecule has 0 atom stereocenters. The van der Waals surface area contributed by atoms with Crippen molar-refractivity contribution in [3.63, 3.8) is 0 Å². The zero-order valence-electron chi connectivity index (χ0n) is 12.2. The Hall–Kier alpha value is -2.56. The predicted molar refractivity (Wildman–Crippen MR) is 81.6 cm³/mol. The maximum atomic E-state index is 10.3. The highest BCUT2D eigenvalue weighted by molar-refractivity contribution is 5.81. The summed E-state index contributed by atoms with van der Waals surface area (Å²) in [5.74, 6) is 1.50. The number of benzene rings is 1. The molecule has 21 heavy (non-hydrogen) atoms. The van der Waals surface area contributed by atoms with Gasteiger partial charge >= 0.3 is 0 Å². The maximum Gasteiger partial charge on any atom is 0.145 e. The van der Waals surface area contributed by atoms with Crippen molar-refractivity contribution in [3.8, 4) is 22.9 Å². The fourth-order valence-electron chi connectivity index (χ4n) is 2.49. The van der Waals surface area contributed by atoms with Crippen molar-refractivity contribution in [2.45, 2.75) is 19.9 Å². The highest BCUT2D eigenvalue weighted by atomic mass is 16.5. The van der Waals surface area contributed by atoms with E-state index >= 15 is 0 Å². The quantitative estimate of drug-likeness (QED) is 0.800. The van der Waals surface area contributed by atoms with Crippen LogP contribution in [0.4, 0.5) is 0 Å². The third-order valence-electron chi connectivity index (χ3n) is 3.45. The smallest absolute Gasteiger partial charge is 0.145 e. The van der Waals surface area contributed by atoms with Crippen LogP contribution >= 0.6 is 0 Å². The van der Waals surface area contributed by atoms with Crippen LogP contribution in [-0.4, -0.2) is 26.8 Å². The van der Waals surface area contributed by atoms with Crippen molar-refractivity contribution in [1.82, 2.24) is 14.5 Å². The van der Waals surface area contributed by atoms with Gasteiger partial charge in [-0.1, -0.05) is 0 Å². The Morgan fingerprint density at radius 3 is 2.71 bits per heavy atom. The number of phenols is 1. The standard InChI is InChI=1S/C16H17N3O2/c1-10(2)19-14-6-7-17-9-13(14)18-16(19)12-5-4-11(21-3)8-15(12)20/h4-10,20H,1-3H3. The Kier molecular flexibility index (Phi) is 3.25. The molecule has 0 aliphatic carbocycles. The van der Waals surface area contributed by atoms with Gasteiger partial charge in [0.15, 0.2) is 0 Å². The summed E-state index contributed by atoms with van der Waals surface area (Å²) in [6, 6.07) is 7.39. The molecular weight excluding hydrogens is 266 g/mol. The van der Waals surface area contributed by atoms with Gasteiger partial charge in [-0.15, -0.1) is 0 Å². The molecule has 5 nitrogen and oxygen atoms in total. The van der Waals surface area contributed by atoms with Crippen molar-refractivity contribution in [3.05, 3.63) is 36.7 Å². The Balaban J connectivity index is 2.27. The number of hydrogen-bond donors (Lipinski definition) is 1. The number of ether oxygens (including phenoxy) is 1. The number of rotatable bonds is 3. The summed E-state index contributed by atoms with van der Waals surface area (Å²) in [6.07, 6.45) is 3.48. The van der Waals surface area contributed by atoms with Crippen LogP contribution in [0, 0.1) is 0 Å². The summed E-state index contributed by atoms with van der Waals surface area (Å²) < 4.78 is 7.22. The van der Waals surface area contributed by atoms with Gasteiger partial charge in [0.1, 0.15) is 22.8 Å². The summed E-state index contributed by atoms with van der Waals surface area (Å²) in [7, 11) is 1.57. The minimum Gasteiger partial charge on any atom is -0.507 e. The van der Waals surface area contributed by atoms with E-state index in [4.69, 9.17) is 4.74 Å². The van der Waals surface area contributed by atoms with Crippen LogP contribution in [0.1, 0.15) is 19.9 Å². The number of hydrogen-bond acceptors (Lipinski definition) is 4. The molecule has 5 heteroatoms. The second-order valence-electron chi connectivity index (χ2n) is 5.15. The Bertz CT molecular complexity index is 793. The molecule has 0 spiro atoms. The molecule has 2 heterocycles. The Labute approximate surface area is 122 Å². The number of fused-ring (bicyclic) bond motifs is 1. The molecule has 0 amide bonds. The monoisotopic (exact) mass is 283 g/mol. The van der Waals surface area contributed by atoms with Gasteiger partial charge in [-0.2, -0.15) is 0 Å². The molecule has 0 bridgehead atoms. The normalized spacial score (nSPS) is 11.2. The van der Waals surface area contributed by atoms with Crippen LogP contribution in [0.15, 0.2) is 36.7 Å². The number of imidazole rings is 1. The fraction of sp³-hybridized carbons (Fsp3) is 0.250. The van der Waals surface area contributed by atoms with E-state index in [1.54, 1.807) is 25.6 Å². The number of aromatic nitrogens is 3. The minimum atomic E-state index is 0.152. The first-order valence-corrected chi connectivity index (χ1v) is 6.81. The summed E-state index contributed by atoms with van der Waals surface area (Å²) >= 11 is 0. The van der Waals surface area contributed by atoms with Gasteiger partial charge in [-0.05, 0) is 32.0 Å². The van der Waals surface area contributed by atoms with Gasteiger partial charge in [-0.25, -0.2) is 4.98 Å². The lowest BCUT2D eigenvalue weighted by atomic mass is 10.1. The summed E-state index contributed by atoms with van der Waals surface area (Å²) in [5.41, 5.74) is 2.50. The first-order valence-electron chi connectivity index (χ1n) is 6.81. The molecule has 0 saturated carbocycles. The molecule has 2 aromatic heterocycles. The van der Waals surface area contributed by atoms with E-state index in [0.717, 1.165) is 16.9 Å². The molecule has 0 aliphatic rings. The molecule has 0 saturated heterocycles. The zero-order valence-corrected chi connectivity index (χ0v) is 12.2. The van der Waals surface area contributed by atoms with E-state index in [9.17, 15) is 5.11 Å². The fourth-order valence-corrected chi connectivity index (χ4v) is 2.49. The van der Waals surface area contributed by atoms with Crippen molar-refractivity contribution >= 4 is 11.0 Å². The Morgan fingerprint density at radius 1 is 1.24 bits per heavy atom. The van der Waals surface area contributed by atoms with Gasteiger partial charge in [-0.3, -0.25) is 4.98 Å². The van der Waals surface area contributed by atoms with Gasteiger partial charge in [0.25, 0.3) is 0 Å². The van der Waals surface area contributed by atoms with E-state index in [-0.39, 0.29) is 11.8 Å². The minimum absolute atomic E-state index is 0.152. The molecule has 1 aromatic carbocycles. The number of methoxy groups -OCH3 is 1. The van der Waals surface area contributed by atoms with E-state index in [2.05, 4.69) is 28.4 Å². The van der Waals surface area contributed by atoms with Crippen molar-refractivity contribution in [2.24, 2.45) is 0 Å².